The predicted octanol–water partition coefficient (Wildman–Crippen LogP) is 7.63. The van der Waals surface area contributed by atoms with E-state index in [0.717, 1.165) is 46.0 Å². The molecule has 8 nitrogen and oxygen atoms in total. The first-order valence-corrected chi connectivity index (χ1v) is 14.8. The van der Waals surface area contributed by atoms with Crippen molar-refractivity contribution >= 4 is 28.5 Å². The van der Waals surface area contributed by atoms with E-state index in [1.54, 1.807) is 24.3 Å². The number of fused-ring (bicyclic) bond motifs is 1. The molecule has 0 unspecified atom stereocenters. The number of aromatic nitrogens is 2. The molecule has 4 aromatic carbocycles. The lowest BCUT2D eigenvalue weighted by molar-refractivity contribution is -0.144. The summed E-state index contributed by atoms with van der Waals surface area (Å²) in [5.74, 6) is 0.355. The minimum Gasteiger partial charge on any atom is -0.488 e. The van der Waals surface area contributed by atoms with Crippen LogP contribution >= 0.6 is 11.6 Å². The van der Waals surface area contributed by atoms with Gasteiger partial charge in [0.15, 0.2) is 5.75 Å². The van der Waals surface area contributed by atoms with Crippen LogP contribution in [0.2, 0.25) is 5.02 Å². The molecule has 220 valence electrons. The van der Waals surface area contributed by atoms with Crippen molar-refractivity contribution in [2.45, 2.75) is 38.5 Å². The monoisotopic (exact) mass is 604 g/mol. The lowest BCUT2D eigenvalue weighted by atomic mass is 10.0. The number of nitriles is 1. The van der Waals surface area contributed by atoms with E-state index in [4.69, 9.17) is 21.1 Å². The van der Waals surface area contributed by atoms with Crippen molar-refractivity contribution in [1.29, 1.82) is 5.26 Å². The molecular weight excluding hydrogens is 576 g/mol. The summed E-state index contributed by atoms with van der Waals surface area (Å²) in [5.41, 5.74) is 4.83. The first-order chi connectivity index (χ1) is 21.5. The van der Waals surface area contributed by atoms with Crippen molar-refractivity contribution in [1.82, 2.24) is 14.9 Å². The summed E-state index contributed by atoms with van der Waals surface area (Å²) in [6.07, 6.45) is 3.85. The number of likely N-dealkylation sites (tertiary alicyclic amines) is 1. The molecular formula is C35H29ClN4O4. The van der Waals surface area contributed by atoms with E-state index in [9.17, 15) is 15.2 Å². The predicted molar refractivity (Wildman–Crippen MR) is 168 cm³/mol. The van der Waals surface area contributed by atoms with E-state index in [-0.39, 0.29) is 6.61 Å². The summed E-state index contributed by atoms with van der Waals surface area (Å²) in [7, 11) is 0. The van der Waals surface area contributed by atoms with Gasteiger partial charge in [-0.25, -0.2) is 9.97 Å². The van der Waals surface area contributed by atoms with Crippen molar-refractivity contribution in [3.05, 3.63) is 113 Å². The fraction of sp³-hybridized carbons (Fsp3) is 0.200. The second-order valence-electron chi connectivity index (χ2n) is 10.7. The molecule has 0 saturated carbocycles. The van der Waals surface area contributed by atoms with Gasteiger partial charge in [0.1, 0.15) is 24.7 Å². The number of hydrogen-bond donors (Lipinski definition) is 1. The molecule has 2 heterocycles. The average Bonchev–Trinajstić information content (AvgIpc) is 3.06. The largest absolute Gasteiger partial charge is 0.488 e. The molecule has 1 N–H and O–H groups in total. The Labute approximate surface area is 260 Å². The van der Waals surface area contributed by atoms with Gasteiger partial charge in [-0.3, -0.25) is 9.69 Å². The fourth-order valence-electron chi connectivity index (χ4n) is 5.58. The number of nitrogens with zero attached hydrogens (tertiary/aromatic N) is 4. The van der Waals surface area contributed by atoms with Crippen LogP contribution in [-0.2, 0) is 17.9 Å². The van der Waals surface area contributed by atoms with Crippen molar-refractivity contribution < 1.29 is 19.4 Å². The summed E-state index contributed by atoms with van der Waals surface area (Å²) >= 11 is 6.81. The van der Waals surface area contributed by atoms with Crippen LogP contribution in [0.4, 0.5) is 0 Å². The van der Waals surface area contributed by atoms with Gasteiger partial charge in [-0.2, -0.15) is 5.26 Å². The van der Waals surface area contributed by atoms with E-state index in [0.29, 0.717) is 47.5 Å². The van der Waals surface area contributed by atoms with Crippen LogP contribution in [0.3, 0.4) is 0 Å². The molecule has 5 aromatic rings. The quantitative estimate of drug-likeness (QED) is 0.183. The summed E-state index contributed by atoms with van der Waals surface area (Å²) in [6, 6.07) is 28.1. The van der Waals surface area contributed by atoms with Crippen molar-refractivity contribution in [2.75, 3.05) is 6.54 Å². The highest BCUT2D eigenvalue weighted by Crippen LogP contribution is 2.39. The number of carboxylic acids is 1. The molecule has 0 amide bonds. The Morgan fingerprint density at radius 3 is 2.66 bits per heavy atom. The molecule has 1 fully saturated rings. The maximum absolute atomic E-state index is 12.0. The van der Waals surface area contributed by atoms with Gasteiger partial charge in [-0.15, -0.1) is 0 Å². The summed E-state index contributed by atoms with van der Waals surface area (Å²) in [6.45, 7) is 1.21. The van der Waals surface area contributed by atoms with E-state index < -0.39 is 12.0 Å². The molecule has 9 heteroatoms. The number of piperidine rings is 1. The van der Waals surface area contributed by atoms with E-state index in [2.05, 4.69) is 16.0 Å². The normalized spacial score (nSPS) is 15.0. The SMILES string of the molecule is N#Cc1cccc(COc2cc(Oc3ncnc4c(-c5ccccc5)cccc34)c(Cl)cc2CN2CCCC[C@@H]2C(=O)O)c1. The van der Waals surface area contributed by atoms with Crippen LogP contribution in [0.25, 0.3) is 22.0 Å². The first kappa shape index (κ1) is 29.1. The highest BCUT2D eigenvalue weighted by Gasteiger charge is 2.29. The van der Waals surface area contributed by atoms with E-state index in [1.807, 2.05) is 65.6 Å². The van der Waals surface area contributed by atoms with Crippen LogP contribution in [0.1, 0.15) is 36.0 Å². The molecule has 0 spiro atoms. The number of para-hydroxylation sites is 1. The van der Waals surface area contributed by atoms with Gasteiger partial charge in [0.2, 0.25) is 5.88 Å². The van der Waals surface area contributed by atoms with Gasteiger partial charge in [0.05, 0.1) is 27.6 Å². The highest BCUT2D eigenvalue weighted by molar-refractivity contribution is 6.32. The molecule has 44 heavy (non-hydrogen) atoms. The molecule has 1 aromatic heterocycles. The summed E-state index contributed by atoms with van der Waals surface area (Å²) in [4.78, 5) is 22.9. The zero-order valence-electron chi connectivity index (χ0n) is 23.8. The van der Waals surface area contributed by atoms with Crippen molar-refractivity contribution in [3.8, 4) is 34.6 Å². The Morgan fingerprint density at radius 1 is 1.00 bits per heavy atom. The van der Waals surface area contributed by atoms with Crippen LogP contribution in [0, 0.1) is 11.3 Å². The molecule has 0 bridgehead atoms. The topological polar surface area (TPSA) is 109 Å². The number of ether oxygens (including phenoxy) is 2. The summed E-state index contributed by atoms with van der Waals surface area (Å²) < 4.78 is 12.6. The zero-order valence-corrected chi connectivity index (χ0v) is 24.6. The van der Waals surface area contributed by atoms with Crippen molar-refractivity contribution in [2.24, 2.45) is 0 Å². The molecule has 0 radical (unpaired) electrons. The number of carbonyl (C=O) groups is 1. The molecule has 0 aliphatic carbocycles. The fourth-order valence-corrected chi connectivity index (χ4v) is 5.81. The lowest BCUT2D eigenvalue weighted by Crippen LogP contribution is -2.44. The lowest BCUT2D eigenvalue weighted by Gasteiger charge is -2.33. The Bertz CT molecular complexity index is 1860. The minimum absolute atomic E-state index is 0.197. The number of aliphatic carboxylic acids is 1. The number of carboxylic acid groups (broad SMARTS) is 1. The van der Waals surface area contributed by atoms with Gasteiger partial charge in [-0.1, -0.05) is 72.6 Å². The Balaban J connectivity index is 1.36. The highest BCUT2D eigenvalue weighted by atomic mass is 35.5. The third-order valence-corrected chi connectivity index (χ3v) is 8.05. The first-order valence-electron chi connectivity index (χ1n) is 14.4. The van der Waals surface area contributed by atoms with E-state index >= 15 is 0 Å². The van der Waals surface area contributed by atoms with E-state index in [1.165, 1.54) is 6.33 Å². The molecule has 1 aliphatic rings. The van der Waals surface area contributed by atoms with Crippen LogP contribution in [0.15, 0.2) is 91.3 Å². The molecule has 1 atom stereocenters. The number of rotatable bonds is 9. The smallest absolute Gasteiger partial charge is 0.320 e. The number of halogens is 1. The molecule has 1 aliphatic heterocycles. The second kappa shape index (κ2) is 13.1. The maximum atomic E-state index is 12.0. The summed E-state index contributed by atoms with van der Waals surface area (Å²) in [5, 5.41) is 20.2. The molecule has 1 saturated heterocycles. The van der Waals surface area contributed by atoms with Gasteiger partial charge in [-0.05, 0) is 54.8 Å². The van der Waals surface area contributed by atoms with Gasteiger partial charge in [0, 0.05) is 23.7 Å². The Morgan fingerprint density at radius 2 is 1.84 bits per heavy atom. The zero-order chi connectivity index (χ0) is 30.5. The molecule has 6 rings (SSSR count). The Hall–Kier alpha value is -4.97. The third-order valence-electron chi connectivity index (χ3n) is 7.76. The third kappa shape index (κ3) is 6.35. The van der Waals surface area contributed by atoms with Crippen LogP contribution in [-0.4, -0.2) is 38.5 Å². The van der Waals surface area contributed by atoms with Crippen LogP contribution in [0.5, 0.6) is 17.4 Å². The van der Waals surface area contributed by atoms with Crippen LogP contribution < -0.4 is 9.47 Å². The number of hydrogen-bond acceptors (Lipinski definition) is 7. The average molecular weight is 605 g/mol. The minimum atomic E-state index is -0.836. The number of benzene rings is 4. The standard InChI is InChI=1S/C35H29ClN4O4/c36-29-17-26(20-40-15-5-4-14-30(40)35(41)42)31(43-21-24-9-6-8-23(16-24)19-37)18-32(29)44-34-28-13-7-12-27(33(28)38-22-39-34)25-10-2-1-3-11-25/h1-3,6-13,16-18,22,30H,4-5,14-15,20-21H2,(H,41,42)/t30-/m1/s1. The Kier molecular flexibility index (Phi) is 8.69. The van der Waals surface area contributed by atoms with Crippen molar-refractivity contribution in [3.63, 3.8) is 0 Å². The maximum Gasteiger partial charge on any atom is 0.320 e. The van der Waals surface area contributed by atoms with Gasteiger partial charge in [0.25, 0.3) is 0 Å². The second-order valence-corrected chi connectivity index (χ2v) is 11.1. The van der Waals surface area contributed by atoms with Gasteiger partial charge < -0.3 is 14.6 Å². The van der Waals surface area contributed by atoms with Gasteiger partial charge >= 0.3 is 5.97 Å².